The maximum atomic E-state index is 13.6. The molecular weight excluding hydrogens is 306 g/mol. The first-order valence-corrected chi connectivity index (χ1v) is 6.45. The first kappa shape index (κ1) is 17.2. The van der Waals surface area contributed by atoms with Crippen LogP contribution in [0.25, 0.3) is 0 Å². The van der Waals surface area contributed by atoms with Crippen LogP contribution in [0.5, 0.6) is 0 Å². The van der Waals surface area contributed by atoms with Gasteiger partial charge in [-0.1, -0.05) is 11.6 Å². The average Bonchev–Trinajstić information content (AvgIpc) is 2.34. The molecule has 0 radical (unpaired) electrons. The van der Waals surface area contributed by atoms with Crippen LogP contribution in [0.4, 0.5) is 19.3 Å². The molecule has 0 atom stereocenters. The normalized spacial score (nSPS) is 11.1. The highest BCUT2D eigenvalue weighted by molar-refractivity contribution is 6.33. The van der Waals surface area contributed by atoms with E-state index in [0.29, 0.717) is 6.07 Å². The van der Waals surface area contributed by atoms with Crippen molar-refractivity contribution in [3.8, 4) is 0 Å². The van der Waals surface area contributed by atoms with E-state index in [2.05, 4.69) is 5.32 Å². The van der Waals surface area contributed by atoms with Gasteiger partial charge in [0.05, 0.1) is 10.7 Å². The summed E-state index contributed by atoms with van der Waals surface area (Å²) >= 11 is 5.67. The van der Waals surface area contributed by atoms with Crippen molar-refractivity contribution in [2.45, 2.75) is 26.3 Å². The lowest BCUT2D eigenvalue weighted by molar-refractivity contribution is -0.147. The predicted molar refractivity (Wildman–Crippen MR) is 74.5 cm³/mol. The molecule has 21 heavy (non-hydrogen) atoms. The van der Waals surface area contributed by atoms with E-state index in [1.807, 2.05) is 0 Å². The number of nitrogens with one attached hydrogen (secondary N) is 1. The van der Waals surface area contributed by atoms with Crippen LogP contribution in [0, 0.1) is 11.6 Å². The van der Waals surface area contributed by atoms with Gasteiger partial charge in [0.25, 0.3) is 0 Å². The van der Waals surface area contributed by atoms with E-state index >= 15 is 0 Å². The summed E-state index contributed by atoms with van der Waals surface area (Å²) in [6, 6.07) is 0.566. The highest BCUT2D eigenvalue weighted by Gasteiger charge is 2.37. The lowest BCUT2D eigenvalue weighted by atomic mass is 10.0. The van der Waals surface area contributed by atoms with Gasteiger partial charge in [0.15, 0.2) is 5.82 Å². The van der Waals surface area contributed by atoms with E-state index in [4.69, 9.17) is 16.7 Å². The summed E-state index contributed by atoms with van der Waals surface area (Å²) in [6.07, 6.45) is 0. The molecule has 0 unspecified atom stereocenters. The zero-order valence-corrected chi connectivity index (χ0v) is 12.5. The Bertz CT molecular complexity index is 556. The van der Waals surface area contributed by atoms with Crippen LogP contribution >= 0.6 is 11.6 Å². The number of halogens is 3. The van der Waals surface area contributed by atoms with Gasteiger partial charge in [0.1, 0.15) is 11.4 Å². The van der Waals surface area contributed by atoms with Crippen molar-refractivity contribution in [1.82, 2.24) is 4.90 Å². The van der Waals surface area contributed by atoms with Crippen LogP contribution < -0.4 is 5.32 Å². The summed E-state index contributed by atoms with van der Waals surface area (Å²) in [5.74, 6) is -3.14. The van der Waals surface area contributed by atoms with Gasteiger partial charge in [-0.3, -0.25) is 0 Å². The minimum atomic E-state index is -1.50. The molecule has 0 fully saturated rings. The molecule has 0 heterocycles. The van der Waals surface area contributed by atoms with Gasteiger partial charge >= 0.3 is 12.0 Å². The van der Waals surface area contributed by atoms with Gasteiger partial charge in [0, 0.05) is 12.6 Å². The number of carbonyl (C=O) groups is 2. The number of carboxylic acid groups (broad SMARTS) is 1. The second kappa shape index (κ2) is 6.26. The molecule has 0 saturated carbocycles. The Morgan fingerprint density at radius 1 is 1.38 bits per heavy atom. The van der Waals surface area contributed by atoms with Crippen molar-refractivity contribution >= 4 is 29.3 Å². The van der Waals surface area contributed by atoms with Crippen molar-refractivity contribution in [3.63, 3.8) is 0 Å². The molecule has 0 aliphatic heterocycles. The predicted octanol–water partition coefficient (Wildman–Crippen LogP) is 3.34. The maximum absolute atomic E-state index is 13.6. The molecule has 0 bridgehead atoms. The highest BCUT2D eigenvalue weighted by atomic mass is 35.5. The van der Waals surface area contributed by atoms with Gasteiger partial charge in [0.2, 0.25) is 0 Å². The van der Waals surface area contributed by atoms with E-state index in [1.165, 1.54) is 13.8 Å². The Morgan fingerprint density at radius 2 is 1.95 bits per heavy atom. The molecule has 5 nitrogen and oxygen atoms in total. The van der Waals surface area contributed by atoms with E-state index in [9.17, 15) is 18.4 Å². The number of nitrogens with zero attached hydrogens (tertiary/aromatic N) is 1. The number of amides is 2. The summed E-state index contributed by atoms with van der Waals surface area (Å²) in [7, 11) is 0. The maximum Gasteiger partial charge on any atom is 0.329 e. The Kier molecular flexibility index (Phi) is 5.11. The van der Waals surface area contributed by atoms with Crippen LogP contribution in [0.1, 0.15) is 20.8 Å². The summed E-state index contributed by atoms with van der Waals surface area (Å²) in [4.78, 5) is 24.3. The monoisotopic (exact) mass is 320 g/mol. The summed E-state index contributed by atoms with van der Waals surface area (Å²) in [5, 5.41) is 11.0. The number of urea groups is 1. The third-order valence-electron chi connectivity index (χ3n) is 3.00. The molecule has 0 aromatic heterocycles. The third kappa shape index (κ3) is 3.60. The van der Waals surface area contributed by atoms with Crippen LogP contribution in [0.15, 0.2) is 12.1 Å². The number of rotatable bonds is 4. The smallest absolute Gasteiger partial charge is 0.329 e. The number of anilines is 1. The molecule has 0 aliphatic rings. The lowest BCUT2D eigenvalue weighted by Crippen LogP contribution is -2.54. The molecule has 116 valence electrons. The van der Waals surface area contributed by atoms with Crippen LogP contribution in [-0.4, -0.2) is 34.1 Å². The lowest BCUT2D eigenvalue weighted by Gasteiger charge is -2.34. The van der Waals surface area contributed by atoms with Gasteiger partial charge in [-0.15, -0.1) is 0 Å². The Morgan fingerprint density at radius 3 is 2.38 bits per heavy atom. The standard InChI is InChI=1S/C13H15ClF2N2O3/c1-4-18(13(2,3)11(19)20)12(21)17-10-8(14)5-7(15)6-9(10)16/h5-6H,4H2,1-3H3,(H,17,21)(H,19,20). The minimum absolute atomic E-state index is 0.0750. The second-order valence-electron chi connectivity index (χ2n) is 4.78. The summed E-state index contributed by atoms with van der Waals surface area (Å²) in [6.45, 7) is 4.32. The van der Waals surface area contributed by atoms with E-state index in [0.717, 1.165) is 11.0 Å². The van der Waals surface area contributed by atoms with Crippen molar-refractivity contribution < 1.29 is 23.5 Å². The van der Waals surface area contributed by atoms with Crippen LogP contribution in [0.2, 0.25) is 5.02 Å². The molecule has 2 amide bonds. The van der Waals surface area contributed by atoms with Crippen molar-refractivity contribution in [3.05, 3.63) is 28.8 Å². The van der Waals surface area contributed by atoms with Gasteiger partial charge in [-0.25, -0.2) is 18.4 Å². The molecule has 2 N–H and O–H groups in total. The number of hydrogen-bond donors (Lipinski definition) is 2. The van der Waals surface area contributed by atoms with Crippen LogP contribution in [-0.2, 0) is 4.79 Å². The number of benzene rings is 1. The van der Waals surface area contributed by atoms with E-state index in [-0.39, 0.29) is 11.6 Å². The van der Waals surface area contributed by atoms with Crippen molar-refractivity contribution in [2.75, 3.05) is 11.9 Å². The minimum Gasteiger partial charge on any atom is -0.480 e. The van der Waals surface area contributed by atoms with E-state index < -0.39 is 34.9 Å². The topological polar surface area (TPSA) is 69.6 Å². The number of carboxylic acids is 1. The fourth-order valence-electron chi connectivity index (χ4n) is 1.74. The van der Waals surface area contributed by atoms with Crippen molar-refractivity contribution in [1.29, 1.82) is 0 Å². The molecule has 1 aromatic rings. The van der Waals surface area contributed by atoms with Gasteiger partial charge in [-0.05, 0) is 26.8 Å². The summed E-state index contributed by atoms with van der Waals surface area (Å²) in [5.41, 5.74) is -1.90. The first-order valence-electron chi connectivity index (χ1n) is 6.07. The summed E-state index contributed by atoms with van der Waals surface area (Å²) < 4.78 is 26.6. The number of aliphatic carboxylic acids is 1. The number of carbonyl (C=O) groups excluding carboxylic acids is 1. The van der Waals surface area contributed by atoms with E-state index in [1.54, 1.807) is 6.92 Å². The molecule has 8 heteroatoms. The first-order chi connectivity index (χ1) is 9.61. The molecule has 0 spiro atoms. The largest absolute Gasteiger partial charge is 0.480 e. The average molecular weight is 321 g/mol. The third-order valence-corrected chi connectivity index (χ3v) is 3.30. The number of hydrogen-bond acceptors (Lipinski definition) is 2. The van der Waals surface area contributed by atoms with Gasteiger partial charge in [-0.2, -0.15) is 0 Å². The Balaban J connectivity index is 3.08. The fourth-order valence-corrected chi connectivity index (χ4v) is 1.99. The zero-order valence-electron chi connectivity index (χ0n) is 11.7. The van der Waals surface area contributed by atoms with Crippen LogP contribution in [0.3, 0.4) is 0 Å². The molecular formula is C13H15ClF2N2O3. The molecule has 0 saturated heterocycles. The molecule has 0 aliphatic carbocycles. The Labute approximate surface area is 125 Å². The van der Waals surface area contributed by atoms with Gasteiger partial charge < -0.3 is 15.3 Å². The fraction of sp³-hybridized carbons (Fsp3) is 0.385. The number of likely N-dealkylation sites (N-methyl/N-ethyl adjacent to an activating group) is 1. The zero-order chi connectivity index (χ0) is 16.4. The quantitative estimate of drug-likeness (QED) is 0.894. The Hall–Kier alpha value is -1.89. The second-order valence-corrected chi connectivity index (χ2v) is 5.19. The highest BCUT2D eigenvalue weighted by Crippen LogP contribution is 2.27. The molecule has 1 aromatic carbocycles. The molecule has 1 rings (SSSR count). The SMILES string of the molecule is CCN(C(=O)Nc1c(F)cc(F)cc1Cl)C(C)(C)C(=O)O. The van der Waals surface area contributed by atoms with Crippen molar-refractivity contribution in [2.24, 2.45) is 0 Å².